The van der Waals surface area contributed by atoms with Gasteiger partial charge in [0.05, 0.1) is 12.0 Å². The number of nitrogens with two attached hydrogens (primary N) is 1. The quantitative estimate of drug-likeness (QED) is 0.460. The highest BCUT2D eigenvalue weighted by Gasteiger charge is 2.55. The molecule has 1 aliphatic heterocycles. The summed E-state index contributed by atoms with van der Waals surface area (Å²) in [6.45, 7) is 5.19. The Morgan fingerprint density at radius 1 is 1.21 bits per heavy atom. The van der Waals surface area contributed by atoms with E-state index in [0.717, 1.165) is 10.5 Å². The molecule has 3 heterocycles. The number of pyridine rings is 1. The molecule has 0 radical (unpaired) electrons. The third-order valence-electron chi connectivity index (χ3n) is 7.12. The smallest absolute Gasteiger partial charge is 0.325 e. The summed E-state index contributed by atoms with van der Waals surface area (Å²) in [7, 11) is 3.30. The Balaban J connectivity index is 1.63. The van der Waals surface area contributed by atoms with E-state index in [0.29, 0.717) is 34.9 Å². The molecule has 0 spiro atoms. The standard InChI is InChI=1S/C27H32FN7O3/c1-6-20(18-8-7-15(2)22(28)16(18)3)32-27(38)35-23(25(37)34(5)26-31-11-12-33(26)4)19(24(35)36)13-17-9-10-30-21(29)14-17/h7-12,14,19-20,23H,6,13H2,1-5H3,(H2,29,30)(H,32,38)/t19-,20?,23+/m1/s1. The highest BCUT2D eigenvalue weighted by molar-refractivity contribution is 6.12. The van der Waals surface area contributed by atoms with Crippen molar-refractivity contribution in [3.8, 4) is 0 Å². The minimum absolute atomic E-state index is 0.208. The van der Waals surface area contributed by atoms with Gasteiger partial charge in [0.15, 0.2) is 0 Å². The molecule has 1 aliphatic rings. The summed E-state index contributed by atoms with van der Waals surface area (Å²) < 4.78 is 16.3. The first-order valence-corrected chi connectivity index (χ1v) is 12.4. The highest BCUT2D eigenvalue weighted by Crippen LogP contribution is 2.33. The number of imidazole rings is 1. The van der Waals surface area contributed by atoms with Crippen molar-refractivity contribution in [1.29, 1.82) is 0 Å². The Bertz CT molecular complexity index is 1390. The van der Waals surface area contributed by atoms with Gasteiger partial charge in [0.1, 0.15) is 17.7 Å². The molecule has 10 nitrogen and oxygen atoms in total. The summed E-state index contributed by atoms with van der Waals surface area (Å²) in [6.07, 6.45) is 5.45. The number of hydrogen-bond acceptors (Lipinski definition) is 6. The van der Waals surface area contributed by atoms with Crippen LogP contribution in [0.4, 0.5) is 21.0 Å². The van der Waals surface area contributed by atoms with Gasteiger partial charge >= 0.3 is 6.03 Å². The van der Waals surface area contributed by atoms with E-state index >= 15 is 0 Å². The number of benzene rings is 1. The molecule has 11 heteroatoms. The molecular formula is C27H32FN7O3. The maximum absolute atomic E-state index is 14.6. The molecule has 1 unspecified atom stereocenters. The van der Waals surface area contributed by atoms with Crippen molar-refractivity contribution in [1.82, 2.24) is 24.8 Å². The van der Waals surface area contributed by atoms with Crippen molar-refractivity contribution in [2.24, 2.45) is 13.0 Å². The molecule has 0 bridgehead atoms. The van der Waals surface area contributed by atoms with Crippen LogP contribution in [0, 0.1) is 25.6 Å². The normalized spacial score (nSPS) is 17.6. The Morgan fingerprint density at radius 3 is 2.58 bits per heavy atom. The molecule has 0 aliphatic carbocycles. The number of rotatable bonds is 7. The van der Waals surface area contributed by atoms with Crippen LogP contribution in [-0.2, 0) is 23.1 Å². The summed E-state index contributed by atoms with van der Waals surface area (Å²) in [6, 6.07) is 4.47. The molecule has 3 N–H and O–H groups in total. The number of hydrogen-bond donors (Lipinski definition) is 2. The van der Waals surface area contributed by atoms with Crippen LogP contribution < -0.4 is 16.0 Å². The summed E-state index contributed by atoms with van der Waals surface area (Å²) in [4.78, 5) is 50.9. The lowest BCUT2D eigenvalue weighted by Crippen LogP contribution is -2.70. The Morgan fingerprint density at radius 2 is 1.95 bits per heavy atom. The van der Waals surface area contributed by atoms with Crippen LogP contribution in [0.3, 0.4) is 0 Å². The van der Waals surface area contributed by atoms with Crippen molar-refractivity contribution in [3.63, 3.8) is 0 Å². The van der Waals surface area contributed by atoms with Crippen LogP contribution in [0.15, 0.2) is 42.9 Å². The number of amides is 4. The number of urea groups is 1. The molecule has 4 rings (SSSR count). The lowest BCUT2D eigenvalue weighted by atomic mass is 9.81. The fourth-order valence-electron chi connectivity index (χ4n) is 4.94. The summed E-state index contributed by atoms with van der Waals surface area (Å²) in [5, 5.41) is 2.84. The highest BCUT2D eigenvalue weighted by atomic mass is 19.1. The lowest BCUT2D eigenvalue weighted by Gasteiger charge is -2.45. The summed E-state index contributed by atoms with van der Waals surface area (Å²) in [5.41, 5.74) is 8.09. The Hall–Kier alpha value is -4.28. The van der Waals surface area contributed by atoms with Crippen LogP contribution in [0.1, 0.15) is 41.6 Å². The van der Waals surface area contributed by atoms with E-state index in [1.54, 1.807) is 69.2 Å². The summed E-state index contributed by atoms with van der Waals surface area (Å²) >= 11 is 0. The zero-order chi connectivity index (χ0) is 27.7. The second-order valence-electron chi connectivity index (χ2n) is 9.61. The van der Waals surface area contributed by atoms with Crippen molar-refractivity contribution in [2.45, 2.75) is 45.7 Å². The van der Waals surface area contributed by atoms with E-state index in [1.807, 2.05) is 6.92 Å². The molecule has 38 heavy (non-hydrogen) atoms. The van der Waals surface area contributed by atoms with Gasteiger partial charge in [-0.15, -0.1) is 0 Å². The molecular weight excluding hydrogens is 489 g/mol. The van der Waals surface area contributed by atoms with Crippen LogP contribution in [-0.4, -0.2) is 50.4 Å². The van der Waals surface area contributed by atoms with Crippen LogP contribution in [0.2, 0.25) is 0 Å². The number of aryl methyl sites for hydroxylation is 2. The zero-order valence-electron chi connectivity index (χ0n) is 22.1. The van der Waals surface area contributed by atoms with Crippen LogP contribution >= 0.6 is 0 Å². The number of anilines is 2. The number of aromatic nitrogens is 3. The molecule has 2 aromatic heterocycles. The van der Waals surface area contributed by atoms with E-state index in [1.165, 1.54) is 11.1 Å². The fourth-order valence-corrected chi connectivity index (χ4v) is 4.94. The number of nitrogens with zero attached hydrogens (tertiary/aromatic N) is 5. The number of β-lactam (4-membered cyclic amide) rings is 1. The van der Waals surface area contributed by atoms with E-state index in [4.69, 9.17) is 5.73 Å². The third kappa shape index (κ3) is 4.83. The number of halogens is 1. The number of nitrogens with one attached hydrogen (secondary N) is 1. The molecule has 4 amide bonds. The summed E-state index contributed by atoms with van der Waals surface area (Å²) in [5.74, 6) is -1.38. The number of imide groups is 1. The maximum atomic E-state index is 14.6. The molecule has 3 atom stereocenters. The minimum Gasteiger partial charge on any atom is -0.384 e. The molecule has 1 aromatic carbocycles. The molecule has 3 aromatic rings. The molecule has 1 fully saturated rings. The van der Waals surface area contributed by atoms with Gasteiger partial charge < -0.3 is 15.6 Å². The predicted molar refractivity (Wildman–Crippen MR) is 141 cm³/mol. The number of likely N-dealkylation sites (N-methyl/N-ethyl adjacent to an activating group) is 1. The van der Waals surface area contributed by atoms with Gasteiger partial charge in [-0.05, 0) is 61.1 Å². The topological polar surface area (TPSA) is 126 Å². The van der Waals surface area contributed by atoms with Gasteiger partial charge in [-0.3, -0.25) is 19.4 Å². The molecule has 0 saturated carbocycles. The first kappa shape index (κ1) is 26.8. The van der Waals surface area contributed by atoms with E-state index in [9.17, 15) is 18.8 Å². The van der Waals surface area contributed by atoms with Gasteiger partial charge in [0, 0.05) is 32.7 Å². The average Bonchev–Trinajstić information content (AvgIpc) is 3.32. The lowest BCUT2D eigenvalue weighted by molar-refractivity contribution is -0.156. The first-order chi connectivity index (χ1) is 18.0. The van der Waals surface area contributed by atoms with Gasteiger partial charge in [-0.25, -0.2) is 19.2 Å². The average molecular weight is 522 g/mol. The van der Waals surface area contributed by atoms with Crippen molar-refractivity contribution < 1.29 is 18.8 Å². The number of carbonyl (C=O) groups excluding carboxylic acids is 3. The second-order valence-corrected chi connectivity index (χ2v) is 9.61. The van der Waals surface area contributed by atoms with Crippen molar-refractivity contribution in [2.75, 3.05) is 17.7 Å². The van der Waals surface area contributed by atoms with E-state index in [2.05, 4.69) is 15.3 Å². The fraction of sp³-hybridized carbons (Fsp3) is 0.370. The Labute approximate surface area is 220 Å². The number of nitrogen functional groups attached to an aromatic ring is 1. The number of carbonyl (C=O) groups is 3. The Kier molecular flexibility index (Phi) is 7.47. The van der Waals surface area contributed by atoms with Crippen LogP contribution in [0.25, 0.3) is 0 Å². The van der Waals surface area contributed by atoms with Crippen LogP contribution in [0.5, 0.6) is 0 Å². The maximum Gasteiger partial charge on any atom is 0.325 e. The molecule has 1 saturated heterocycles. The van der Waals surface area contributed by atoms with Crippen molar-refractivity contribution in [3.05, 3.63) is 70.9 Å². The van der Waals surface area contributed by atoms with Gasteiger partial charge in [0.25, 0.3) is 5.91 Å². The second kappa shape index (κ2) is 10.6. The van der Waals surface area contributed by atoms with Gasteiger partial charge in [-0.1, -0.05) is 19.1 Å². The van der Waals surface area contributed by atoms with E-state index < -0.39 is 35.8 Å². The SMILES string of the molecule is CCC(NC(=O)N1C(=O)[C@H](Cc2ccnc(N)c2)[C@H]1C(=O)N(C)c1nccn1C)c1ccc(C)c(F)c1C. The predicted octanol–water partition coefficient (Wildman–Crippen LogP) is 3.05. The van der Waals surface area contributed by atoms with Crippen molar-refractivity contribution >= 4 is 29.6 Å². The third-order valence-corrected chi connectivity index (χ3v) is 7.12. The van der Waals surface area contributed by atoms with E-state index in [-0.39, 0.29) is 12.2 Å². The minimum atomic E-state index is -1.06. The van der Waals surface area contributed by atoms with Gasteiger partial charge in [-0.2, -0.15) is 0 Å². The first-order valence-electron chi connectivity index (χ1n) is 12.4. The molecule has 200 valence electrons. The monoisotopic (exact) mass is 521 g/mol. The van der Waals surface area contributed by atoms with Gasteiger partial charge in [0.2, 0.25) is 11.9 Å². The zero-order valence-corrected chi connectivity index (χ0v) is 22.1. The largest absolute Gasteiger partial charge is 0.384 e. The number of likely N-dealkylation sites (tertiary alicyclic amines) is 1.